The highest BCUT2D eigenvalue weighted by Crippen LogP contribution is 2.29. The van der Waals surface area contributed by atoms with Crippen molar-refractivity contribution in [2.24, 2.45) is 5.92 Å². The molecule has 0 aliphatic heterocycles. The molecule has 0 radical (unpaired) electrons. The van der Waals surface area contributed by atoms with E-state index >= 15 is 0 Å². The summed E-state index contributed by atoms with van der Waals surface area (Å²) in [5.74, 6) is -1.04. The van der Waals surface area contributed by atoms with Crippen LogP contribution in [0, 0.1) is 11.7 Å². The van der Waals surface area contributed by atoms with Crippen molar-refractivity contribution in [2.75, 3.05) is 5.43 Å². The first-order valence-corrected chi connectivity index (χ1v) is 9.22. The van der Waals surface area contributed by atoms with Gasteiger partial charge in [-0.1, -0.05) is 32.0 Å². The second-order valence-corrected chi connectivity index (χ2v) is 7.31. The van der Waals surface area contributed by atoms with Gasteiger partial charge in [0.05, 0.1) is 17.5 Å². The van der Waals surface area contributed by atoms with E-state index in [0.29, 0.717) is 12.0 Å². The minimum absolute atomic E-state index is 0.0981. The number of carbonyl (C=O) groups is 1. The van der Waals surface area contributed by atoms with Crippen molar-refractivity contribution in [3.8, 4) is 0 Å². The molecule has 0 fully saturated rings. The zero-order valence-corrected chi connectivity index (χ0v) is 16.3. The number of aromatic nitrogens is 2. The molecule has 9 heteroatoms. The molecule has 0 saturated carbocycles. The second-order valence-electron chi connectivity index (χ2n) is 7.31. The van der Waals surface area contributed by atoms with Crippen LogP contribution >= 0.6 is 0 Å². The van der Waals surface area contributed by atoms with E-state index in [1.165, 1.54) is 24.3 Å². The van der Waals surface area contributed by atoms with Gasteiger partial charge in [-0.15, -0.1) is 0 Å². The first-order chi connectivity index (χ1) is 14.1. The number of rotatable bonds is 5. The van der Waals surface area contributed by atoms with Gasteiger partial charge in [0.15, 0.2) is 0 Å². The van der Waals surface area contributed by atoms with E-state index in [-0.39, 0.29) is 29.1 Å². The molecule has 1 heterocycles. The highest BCUT2D eigenvalue weighted by molar-refractivity contribution is 5.86. The highest BCUT2D eigenvalue weighted by Gasteiger charge is 2.30. The molecule has 1 aromatic heterocycles. The Hall–Kier alpha value is -3.23. The van der Waals surface area contributed by atoms with E-state index < -0.39 is 29.0 Å². The summed E-state index contributed by atoms with van der Waals surface area (Å²) in [6.45, 7) is 3.80. The van der Waals surface area contributed by atoms with Crippen LogP contribution in [0.15, 0.2) is 47.3 Å². The van der Waals surface area contributed by atoms with Gasteiger partial charge >= 0.3 is 6.18 Å². The fraction of sp³-hybridized carbons (Fsp3) is 0.286. The van der Waals surface area contributed by atoms with Gasteiger partial charge in [0, 0.05) is 6.42 Å². The zero-order chi connectivity index (χ0) is 22.1. The Bertz CT molecular complexity index is 1140. The van der Waals surface area contributed by atoms with Gasteiger partial charge in [-0.3, -0.25) is 15.0 Å². The monoisotopic (exact) mass is 421 g/mol. The maximum atomic E-state index is 14.2. The number of hydrogen-bond acceptors (Lipinski definition) is 3. The lowest BCUT2D eigenvalue weighted by molar-refractivity contribution is -0.137. The molecular formula is C21H19F4N3O2. The van der Waals surface area contributed by atoms with Crippen LogP contribution in [0.1, 0.15) is 30.8 Å². The van der Waals surface area contributed by atoms with Crippen LogP contribution in [0.3, 0.4) is 0 Å². The number of benzene rings is 2. The van der Waals surface area contributed by atoms with Crippen LogP contribution in [0.4, 0.5) is 17.6 Å². The molecule has 0 atom stereocenters. The predicted molar refractivity (Wildman–Crippen MR) is 104 cm³/mol. The summed E-state index contributed by atoms with van der Waals surface area (Å²) in [7, 11) is 0. The Kier molecular flexibility index (Phi) is 5.91. The van der Waals surface area contributed by atoms with Crippen LogP contribution in [0.2, 0.25) is 0 Å². The standard InChI is InChI=1S/C21H19F4N3O2/c1-12(2)10-17-26-16-5-3-4-15(22)19(16)20(30)28(17)27-18(29)11-13-6-8-14(9-7-13)21(23,24)25/h3-9,12H,10-11H2,1-2H3,(H,27,29). The summed E-state index contributed by atoms with van der Waals surface area (Å²) in [5, 5.41) is -0.250. The number of fused-ring (bicyclic) bond motifs is 1. The number of nitrogens with zero attached hydrogens (tertiary/aromatic N) is 2. The summed E-state index contributed by atoms with van der Waals surface area (Å²) < 4.78 is 53.1. The molecule has 0 aliphatic rings. The smallest absolute Gasteiger partial charge is 0.273 e. The predicted octanol–water partition coefficient (Wildman–Crippen LogP) is 4.07. The van der Waals surface area contributed by atoms with Gasteiger partial charge in [-0.2, -0.15) is 13.2 Å². The molecule has 0 unspecified atom stereocenters. The van der Waals surface area contributed by atoms with Gasteiger partial charge in [0.1, 0.15) is 17.0 Å². The van der Waals surface area contributed by atoms with Gasteiger partial charge in [-0.05, 0) is 35.7 Å². The Morgan fingerprint density at radius 1 is 1.13 bits per heavy atom. The Morgan fingerprint density at radius 2 is 1.80 bits per heavy atom. The summed E-state index contributed by atoms with van der Waals surface area (Å²) in [5.41, 5.74) is 1.35. The van der Waals surface area contributed by atoms with Crippen molar-refractivity contribution < 1.29 is 22.4 Å². The fourth-order valence-electron chi connectivity index (χ4n) is 3.01. The molecule has 3 aromatic rings. The molecule has 158 valence electrons. The molecule has 0 saturated heterocycles. The summed E-state index contributed by atoms with van der Waals surface area (Å²) in [4.78, 5) is 29.6. The maximum absolute atomic E-state index is 14.2. The van der Waals surface area contributed by atoms with Crippen molar-refractivity contribution in [2.45, 2.75) is 32.9 Å². The van der Waals surface area contributed by atoms with Gasteiger partial charge < -0.3 is 0 Å². The average molecular weight is 421 g/mol. The van der Waals surface area contributed by atoms with E-state index in [9.17, 15) is 27.2 Å². The lowest BCUT2D eigenvalue weighted by Crippen LogP contribution is -2.37. The lowest BCUT2D eigenvalue weighted by Gasteiger charge is -2.16. The third kappa shape index (κ3) is 4.67. The molecule has 5 nitrogen and oxygen atoms in total. The van der Waals surface area contributed by atoms with E-state index in [4.69, 9.17) is 0 Å². The maximum Gasteiger partial charge on any atom is 0.416 e. The molecule has 0 aliphatic carbocycles. The molecule has 2 aromatic carbocycles. The normalized spacial score (nSPS) is 11.8. The van der Waals surface area contributed by atoms with Crippen molar-refractivity contribution in [3.63, 3.8) is 0 Å². The largest absolute Gasteiger partial charge is 0.416 e. The lowest BCUT2D eigenvalue weighted by atomic mass is 10.1. The molecular weight excluding hydrogens is 402 g/mol. The third-order valence-electron chi connectivity index (χ3n) is 4.39. The van der Waals surface area contributed by atoms with Crippen LogP contribution in [-0.4, -0.2) is 15.6 Å². The first kappa shape index (κ1) is 21.5. The van der Waals surface area contributed by atoms with E-state index in [0.717, 1.165) is 22.9 Å². The van der Waals surface area contributed by atoms with Crippen molar-refractivity contribution in [1.82, 2.24) is 9.66 Å². The number of nitrogens with one attached hydrogen (secondary N) is 1. The topological polar surface area (TPSA) is 64.0 Å². The molecule has 1 N–H and O–H groups in total. The summed E-state index contributed by atoms with van der Waals surface area (Å²) >= 11 is 0. The van der Waals surface area contributed by atoms with E-state index in [2.05, 4.69) is 10.4 Å². The number of halogens is 4. The van der Waals surface area contributed by atoms with E-state index in [1.807, 2.05) is 13.8 Å². The number of alkyl halides is 3. The van der Waals surface area contributed by atoms with Crippen molar-refractivity contribution >= 4 is 16.8 Å². The number of amides is 1. The Balaban J connectivity index is 1.92. The van der Waals surface area contributed by atoms with Gasteiger partial charge in [-0.25, -0.2) is 14.1 Å². The minimum atomic E-state index is -4.47. The molecule has 30 heavy (non-hydrogen) atoms. The van der Waals surface area contributed by atoms with Crippen LogP contribution in [0.5, 0.6) is 0 Å². The Morgan fingerprint density at radius 3 is 2.40 bits per heavy atom. The molecule has 0 bridgehead atoms. The van der Waals surface area contributed by atoms with Crippen molar-refractivity contribution in [3.05, 3.63) is 75.6 Å². The Labute approximate surface area is 169 Å². The molecule has 0 spiro atoms. The zero-order valence-electron chi connectivity index (χ0n) is 16.3. The fourth-order valence-corrected chi connectivity index (χ4v) is 3.01. The SMILES string of the molecule is CC(C)Cc1nc2cccc(F)c2c(=O)n1NC(=O)Cc1ccc(C(F)(F)F)cc1. The number of carbonyl (C=O) groups excluding carboxylic acids is 1. The van der Waals surface area contributed by atoms with Gasteiger partial charge in [0.2, 0.25) is 5.91 Å². The number of hydrogen-bond donors (Lipinski definition) is 1. The summed E-state index contributed by atoms with van der Waals surface area (Å²) in [6.07, 6.45) is -4.38. The van der Waals surface area contributed by atoms with Crippen LogP contribution in [-0.2, 0) is 23.8 Å². The van der Waals surface area contributed by atoms with Crippen LogP contribution < -0.4 is 11.0 Å². The quantitative estimate of drug-likeness (QED) is 0.632. The van der Waals surface area contributed by atoms with Crippen molar-refractivity contribution in [1.29, 1.82) is 0 Å². The second kappa shape index (κ2) is 8.25. The highest BCUT2D eigenvalue weighted by atomic mass is 19.4. The molecule has 1 amide bonds. The summed E-state index contributed by atoms with van der Waals surface area (Å²) in [6, 6.07) is 8.23. The minimum Gasteiger partial charge on any atom is -0.273 e. The average Bonchev–Trinajstić information content (AvgIpc) is 2.64. The van der Waals surface area contributed by atoms with Crippen LogP contribution in [0.25, 0.3) is 10.9 Å². The first-order valence-electron chi connectivity index (χ1n) is 9.22. The van der Waals surface area contributed by atoms with Gasteiger partial charge in [0.25, 0.3) is 5.56 Å². The molecule has 3 rings (SSSR count). The third-order valence-corrected chi connectivity index (χ3v) is 4.39. The van der Waals surface area contributed by atoms with E-state index in [1.54, 1.807) is 0 Å².